The number of benzene rings is 2. The van der Waals surface area contributed by atoms with Crippen LogP contribution in [0.1, 0.15) is 26.3 Å². The molecular formula is C16H21N. The molecule has 0 saturated carbocycles. The number of hydrogen-bond acceptors (Lipinski definition) is 1. The predicted molar refractivity (Wildman–Crippen MR) is 77.0 cm³/mol. The highest BCUT2D eigenvalue weighted by Crippen LogP contribution is 2.27. The lowest BCUT2D eigenvalue weighted by molar-refractivity contribution is 0.591. The summed E-state index contributed by atoms with van der Waals surface area (Å²) in [6, 6.07) is 13.4. The quantitative estimate of drug-likeness (QED) is 0.705. The van der Waals surface area contributed by atoms with E-state index < -0.39 is 0 Å². The van der Waals surface area contributed by atoms with Crippen molar-refractivity contribution in [1.29, 1.82) is 0 Å². The van der Waals surface area contributed by atoms with Gasteiger partial charge < -0.3 is 4.90 Å². The maximum atomic E-state index is 2.30. The van der Waals surface area contributed by atoms with Crippen molar-refractivity contribution >= 4 is 16.5 Å². The van der Waals surface area contributed by atoms with Crippen LogP contribution >= 0.6 is 0 Å². The monoisotopic (exact) mass is 227 g/mol. The molecule has 0 spiro atoms. The van der Waals surface area contributed by atoms with Crippen LogP contribution in [0.15, 0.2) is 36.4 Å². The summed E-state index contributed by atoms with van der Waals surface area (Å²) in [6.07, 6.45) is 0. The fourth-order valence-electron chi connectivity index (χ4n) is 1.98. The van der Waals surface area contributed by atoms with Crippen LogP contribution in [0, 0.1) is 0 Å². The van der Waals surface area contributed by atoms with Crippen molar-refractivity contribution in [3.8, 4) is 0 Å². The second kappa shape index (κ2) is 4.06. The summed E-state index contributed by atoms with van der Waals surface area (Å²) in [6.45, 7) is 6.76. The molecule has 0 aliphatic heterocycles. The van der Waals surface area contributed by atoms with Gasteiger partial charge in [-0.15, -0.1) is 0 Å². The third-order valence-electron chi connectivity index (χ3n) is 3.21. The highest BCUT2D eigenvalue weighted by molar-refractivity contribution is 5.86. The molecule has 0 bridgehead atoms. The fourth-order valence-corrected chi connectivity index (χ4v) is 1.98. The SMILES string of the molecule is CN(C)c1ccc2cc(C(C)(C)C)ccc2c1. The van der Waals surface area contributed by atoms with Gasteiger partial charge in [0.1, 0.15) is 0 Å². The first-order valence-electron chi connectivity index (χ1n) is 6.09. The predicted octanol–water partition coefficient (Wildman–Crippen LogP) is 4.20. The molecule has 0 fully saturated rings. The molecule has 0 radical (unpaired) electrons. The van der Waals surface area contributed by atoms with Gasteiger partial charge >= 0.3 is 0 Å². The van der Waals surface area contributed by atoms with Gasteiger partial charge in [-0.1, -0.05) is 45.0 Å². The van der Waals surface area contributed by atoms with Gasteiger partial charge in [0.15, 0.2) is 0 Å². The van der Waals surface area contributed by atoms with E-state index in [1.165, 1.54) is 22.0 Å². The summed E-state index contributed by atoms with van der Waals surface area (Å²) in [4.78, 5) is 2.14. The van der Waals surface area contributed by atoms with E-state index in [4.69, 9.17) is 0 Å². The van der Waals surface area contributed by atoms with E-state index in [1.54, 1.807) is 0 Å². The first-order valence-corrected chi connectivity index (χ1v) is 6.09. The van der Waals surface area contributed by atoms with Gasteiger partial charge in [-0.2, -0.15) is 0 Å². The van der Waals surface area contributed by atoms with Gasteiger partial charge in [-0.25, -0.2) is 0 Å². The number of hydrogen-bond donors (Lipinski definition) is 0. The molecule has 0 amide bonds. The molecular weight excluding hydrogens is 206 g/mol. The van der Waals surface area contributed by atoms with Crippen molar-refractivity contribution in [2.45, 2.75) is 26.2 Å². The molecule has 1 heteroatoms. The lowest BCUT2D eigenvalue weighted by Crippen LogP contribution is -2.11. The minimum absolute atomic E-state index is 0.217. The first kappa shape index (κ1) is 12.0. The first-order chi connectivity index (χ1) is 7.88. The van der Waals surface area contributed by atoms with Crippen LogP contribution in [0.25, 0.3) is 10.8 Å². The van der Waals surface area contributed by atoms with Gasteiger partial charge in [-0.05, 0) is 33.9 Å². The van der Waals surface area contributed by atoms with E-state index in [9.17, 15) is 0 Å². The molecule has 90 valence electrons. The minimum Gasteiger partial charge on any atom is -0.378 e. The third-order valence-corrected chi connectivity index (χ3v) is 3.21. The van der Waals surface area contributed by atoms with E-state index in [2.05, 4.69) is 76.2 Å². The summed E-state index contributed by atoms with van der Waals surface area (Å²) in [5.41, 5.74) is 2.86. The zero-order chi connectivity index (χ0) is 12.6. The lowest BCUT2D eigenvalue weighted by Gasteiger charge is -2.20. The Labute approximate surface area is 104 Å². The van der Waals surface area contributed by atoms with Crippen LogP contribution in [0.3, 0.4) is 0 Å². The van der Waals surface area contributed by atoms with Crippen LogP contribution in [0.4, 0.5) is 5.69 Å². The standard InChI is InChI=1S/C16H21N/c1-16(2,3)14-8-6-13-11-15(17(4)5)9-7-12(13)10-14/h6-11H,1-5H3. The summed E-state index contributed by atoms with van der Waals surface area (Å²) >= 11 is 0. The summed E-state index contributed by atoms with van der Waals surface area (Å²) in [5, 5.41) is 2.63. The summed E-state index contributed by atoms with van der Waals surface area (Å²) < 4.78 is 0. The van der Waals surface area contributed by atoms with Gasteiger partial charge in [0.25, 0.3) is 0 Å². The van der Waals surface area contributed by atoms with Crippen molar-refractivity contribution in [3.63, 3.8) is 0 Å². The maximum Gasteiger partial charge on any atom is 0.0367 e. The van der Waals surface area contributed by atoms with E-state index in [1.807, 2.05) is 0 Å². The summed E-state index contributed by atoms with van der Waals surface area (Å²) in [7, 11) is 4.15. The van der Waals surface area contributed by atoms with Crippen LogP contribution in [0.5, 0.6) is 0 Å². The minimum atomic E-state index is 0.217. The Balaban J connectivity index is 2.54. The number of fused-ring (bicyclic) bond motifs is 1. The van der Waals surface area contributed by atoms with E-state index in [0.29, 0.717) is 0 Å². The third kappa shape index (κ3) is 2.44. The Bertz CT molecular complexity index is 533. The van der Waals surface area contributed by atoms with Crippen molar-refractivity contribution < 1.29 is 0 Å². The van der Waals surface area contributed by atoms with Crippen LogP contribution < -0.4 is 4.90 Å². The molecule has 0 aromatic heterocycles. The molecule has 2 aromatic rings. The second-order valence-corrected chi connectivity index (χ2v) is 5.89. The molecule has 17 heavy (non-hydrogen) atoms. The van der Waals surface area contributed by atoms with Gasteiger partial charge in [0.05, 0.1) is 0 Å². The average molecular weight is 227 g/mol. The Morgan fingerprint density at radius 1 is 0.824 bits per heavy atom. The fraction of sp³-hybridized carbons (Fsp3) is 0.375. The highest BCUT2D eigenvalue weighted by Gasteiger charge is 2.13. The molecule has 2 aromatic carbocycles. The van der Waals surface area contributed by atoms with Crippen molar-refractivity contribution in [1.82, 2.24) is 0 Å². The Kier molecular flexibility index (Phi) is 2.86. The van der Waals surface area contributed by atoms with Crippen LogP contribution in [-0.4, -0.2) is 14.1 Å². The largest absolute Gasteiger partial charge is 0.378 e. The van der Waals surface area contributed by atoms with Crippen LogP contribution in [-0.2, 0) is 5.41 Å². The zero-order valence-corrected chi connectivity index (χ0v) is 11.4. The Morgan fingerprint density at radius 3 is 2.00 bits per heavy atom. The number of rotatable bonds is 1. The second-order valence-electron chi connectivity index (χ2n) is 5.89. The van der Waals surface area contributed by atoms with E-state index in [0.717, 1.165) is 0 Å². The molecule has 1 nitrogen and oxygen atoms in total. The molecule has 0 unspecified atom stereocenters. The highest BCUT2D eigenvalue weighted by atomic mass is 15.1. The molecule has 0 saturated heterocycles. The molecule has 0 aliphatic carbocycles. The lowest BCUT2D eigenvalue weighted by atomic mass is 9.86. The van der Waals surface area contributed by atoms with Gasteiger partial charge in [0.2, 0.25) is 0 Å². The van der Waals surface area contributed by atoms with E-state index in [-0.39, 0.29) is 5.41 Å². The van der Waals surface area contributed by atoms with Gasteiger partial charge in [0, 0.05) is 19.8 Å². The maximum absolute atomic E-state index is 2.30. The molecule has 0 N–H and O–H groups in total. The van der Waals surface area contributed by atoms with Gasteiger partial charge in [-0.3, -0.25) is 0 Å². The number of anilines is 1. The van der Waals surface area contributed by atoms with Crippen molar-refractivity contribution in [2.24, 2.45) is 0 Å². The molecule has 0 atom stereocenters. The zero-order valence-electron chi connectivity index (χ0n) is 11.4. The molecule has 2 rings (SSSR count). The number of nitrogens with zero attached hydrogens (tertiary/aromatic N) is 1. The van der Waals surface area contributed by atoms with Crippen LogP contribution in [0.2, 0.25) is 0 Å². The van der Waals surface area contributed by atoms with Crippen molar-refractivity contribution in [3.05, 3.63) is 42.0 Å². The van der Waals surface area contributed by atoms with Crippen molar-refractivity contribution in [2.75, 3.05) is 19.0 Å². The smallest absolute Gasteiger partial charge is 0.0367 e. The van der Waals surface area contributed by atoms with E-state index >= 15 is 0 Å². The molecule has 0 aliphatic rings. The Morgan fingerprint density at radius 2 is 1.41 bits per heavy atom. The average Bonchev–Trinajstić information content (AvgIpc) is 2.26. The Hall–Kier alpha value is -1.50. The normalized spacial score (nSPS) is 11.8. The summed E-state index contributed by atoms with van der Waals surface area (Å²) in [5.74, 6) is 0. The topological polar surface area (TPSA) is 3.24 Å². The molecule has 0 heterocycles.